The van der Waals surface area contributed by atoms with Crippen molar-refractivity contribution < 1.29 is 22.8 Å². The standard InChI is InChI=1S/C27H35N3O5S/c1-4-6-17-28-26(32)23(5-2)29(19-21-15-13-20(3)14-16-21)25(31)12-9-18-30-27(33)22-10-7-8-11-24(22)36(30,34)35/h7-8,10-11,13-16,23H,4-6,9,12,17-19H2,1-3H3,(H,28,32)/t23-/m1/s1. The predicted molar refractivity (Wildman–Crippen MR) is 138 cm³/mol. The number of carbonyl (C=O) groups excluding carboxylic acids is 3. The Balaban J connectivity index is 1.72. The molecule has 0 saturated heterocycles. The number of sulfonamides is 1. The summed E-state index contributed by atoms with van der Waals surface area (Å²) < 4.78 is 26.4. The molecule has 0 fully saturated rings. The second-order valence-corrected chi connectivity index (χ2v) is 10.9. The summed E-state index contributed by atoms with van der Waals surface area (Å²) in [5.74, 6) is -1.02. The number of hydrogen-bond donors (Lipinski definition) is 1. The van der Waals surface area contributed by atoms with E-state index >= 15 is 0 Å². The van der Waals surface area contributed by atoms with Crippen LogP contribution in [0, 0.1) is 6.92 Å². The molecule has 2 aromatic carbocycles. The van der Waals surface area contributed by atoms with Crippen molar-refractivity contribution >= 4 is 27.7 Å². The average Bonchev–Trinajstić information content (AvgIpc) is 3.05. The lowest BCUT2D eigenvalue weighted by Gasteiger charge is -2.31. The van der Waals surface area contributed by atoms with E-state index < -0.39 is 22.0 Å². The van der Waals surface area contributed by atoms with Gasteiger partial charge in [0.1, 0.15) is 10.9 Å². The van der Waals surface area contributed by atoms with Crippen LogP contribution in [-0.2, 0) is 26.2 Å². The van der Waals surface area contributed by atoms with Crippen molar-refractivity contribution in [2.24, 2.45) is 0 Å². The number of unbranched alkanes of at least 4 members (excludes halogenated alkanes) is 1. The maximum atomic E-state index is 13.4. The van der Waals surface area contributed by atoms with Crippen molar-refractivity contribution in [3.8, 4) is 0 Å². The Bertz CT molecular complexity index is 1190. The van der Waals surface area contributed by atoms with Crippen molar-refractivity contribution in [1.29, 1.82) is 0 Å². The van der Waals surface area contributed by atoms with Gasteiger partial charge in [-0.1, -0.05) is 62.2 Å². The van der Waals surface area contributed by atoms with Crippen LogP contribution in [0.25, 0.3) is 0 Å². The van der Waals surface area contributed by atoms with Crippen LogP contribution in [0.3, 0.4) is 0 Å². The van der Waals surface area contributed by atoms with Gasteiger partial charge in [0.05, 0.1) is 5.56 Å². The fourth-order valence-electron chi connectivity index (χ4n) is 4.29. The Labute approximate surface area is 213 Å². The van der Waals surface area contributed by atoms with Crippen molar-refractivity contribution in [3.63, 3.8) is 0 Å². The van der Waals surface area contributed by atoms with E-state index in [9.17, 15) is 22.8 Å². The number of benzene rings is 2. The highest BCUT2D eigenvalue weighted by atomic mass is 32.2. The van der Waals surface area contributed by atoms with Crippen molar-refractivity contribution in [2.75, 3.05) is 13.1 Å². The maximum absolute atomic E-state index is 13.4. The molecule has 1 N–H and O–H groups in total. The summed E-state index contributed by atoms with van der Waals surface area (Å²) in [5.41, 5.74) is 2.15. The summed E-state index contributed by atoms with van der Waals surface area (Å²) in [6.07, 6.45) is 2.43. The highest BCUT2D eigenvalue weighted by molar-refractivity contribution is 7.90. The Morgan fingerprint density at radius 3 is 2.36 bits per heavy atom. The van der Waals surface area contributed by atoms with Crippen LogP contribution in [0.15, 0.2) is 53.4 Å². The molecule has 36 heavy (non-hydrogen) atoms. The molecular formula is C27H35N3O5S. The topological polar surface area (TPSA) is 104 Å². The highest BCUT2D eigenvalue weighted by Crippen LogP contribution is 2.30. The molecule has 2 aromatic rings. The first kappa shape index (κ1) is 27.4. The van der Waals surface area contributed by atoms with Gasteiger partial charge in [-0.15, -0.1) is 0 Å². The number of nitrogens with one attached hydrogen (secondary N) is 1. The second kappa shape index (κ2) is 12.2. The smallest absolute Gasteiger partial charge is 0.269 e. The SMILES string of the molecule is CCCCNC(=O)[C@@H](CC)N(Cc1ccc(C)cc1)C(=O)CCCN1C(=O)c2ccccc2S1(=O)=O. The molecule has 0 spiro atoms. The molecule has 0 radical (unpaired) electrons. The molecule has 1 aliphatic heterocycles. The summed E-state index contributed by atoms with van der Waals surface area (Å²) in [5, 5.41) is 2.93. The number of nitrogens with zero attached hydrogens (tertiary/aromatic N) is 2. The Kier molecular flexibility index (Phi) is 9.25. The fraction of sp³-hybridized carbons (Fsp3) is 0.444. The van der Waals surface area contributed by atoms with Gasteiger partial charge in [-0.3, -0.25) is 14.4 Å². The van der Waals surface area contributed by atoms with Gasteiger partial charge in [0.15, 0.2) is 0 Å². The van der Waals surface area contributed by atoms with Gasteiger partial charge in [0, 0.05) is 26.1 Å². The molecule has 9 heteroatoms. The van der Waals surface area contributed by atoms with E-state index in [1.54, 1.807) is 17.0 Å². The molecule has 1 atom stereocenters. The Morgan fingerprint density at radius 1 is 1.03 bits per heavy atom. The van der Waals surface area contributed by atoms with Crippen molar-refractivity contribution in [3.05, 3.63) is 65.2 Å². The number of rotatable bonds is 12. The number of fused-ring (bicyclic) bond motifs is 1. The summed E-state index contributed by atoms with van der Waals surface area (Å²) in [7, 11) is -3.92. The third kappa shape index (κ3) is 6.13. The third-order valence-corrected chi connectivity index (χ3v) is 8.19. The van der Waals surface area contributed by atoms with Crippen LogP contribution in [0.2, 0.25) is 0 Å². The van der Waals surface area contributed by atoms with E-state index in [1.165, 1.54) is 12.1 Å². The van der Waals surface area contributed by atoms with Gasteiger partial charge in [-0.2, -0.15) is 0 Å². The predicted octanol–water partition coefficient (Wildman–Crippen LogP) is 3.64. The molecule has 0 aliphatic carbocycles. The largest absolute Gasteiger partial charge is 0.354 e. The van der Waals surface area contributed by atoms with Crippen LogP contribution < -0.4 is 5.32 Å². The van der Waals surface area contributed by atoms with Gasteiger partial charge >= 0.3 is 0 Å². The summed E-state index contributed by atoms with van der Waals surface area (Å²) in [6, 6.07) is 13.3. The monoisotopic (exact) mass is 513 g/mol. The molecule has 0 saturated carbocycles. The fourth-order valence-corrected chi connectivity index (χ4v) is 5.89. The van der Waals surface area contributed by atoms with Gasteiger partial charge in [-0.25, -0.2) is 12.7 Å². The summed E-state index contributed by atoms with van der Waals surface area (Å²) in [6.45, 7) is 6.61. The average molecular weight is 514 g/mol. The number of hydrogen-bond acceptors (Lipinski definition) is 5. The van der Waals surface area contributed by atoms with Gasteiger partial charge in [-0.05, 0) is 43.9 Å². The lowest BCUT2D eigenvalue weighted by Crippen LogP contribution is -2.49. The molecule has 3 amide bonds. The molecule has 0 aromatic heterocycles. The van der Waals surface area contributed by atoms with Crippen molar-refractivity contribution in [1.82, 2.24) is 14.5 Å². The van der Waals surface area contributed by atoms with E-state index in [2.05, 4.69) is 5.32 Å². The first-order valence-electron chi connectivity index (χ1n) is 12.5. The molecule has 8 nitrogen and oxygen atoms in total. The van der Waals surface area contributed by atoms with Crippen LogP contribution >= 0.6 is 0 Å². The molecule has 1 heterocycles. The van der Waals surface area contributed by atoms with Crippen LogP contribution in [0.4, 0.5) is 0 Å². The van der Waals surface area contributed by atoms with Crippen LogP contribution in [0.5, 0.6) is 0 Å². The van der Waals surface area contributed by atoms with Crippen LogP contribution in [-0.4, -0.2) is 54.5 Å². The zero-order valence-electron chi connectivity index (χ0n) is 21.2. The van der Waals surface area contributed by atoms with E-state index in [4.69, 9.17) is 0 Å². The van der Waals surface area contributed by atoms with E-state index in [1.807, 2.05) is 45.0 Å². The quantitative estimate of drug-likeness (QED) is 0.437. The molecule has 0 unspecified atom stereocenters. The molecular weight excluding hydrogens is 478 g/mol. The second-order valence-electron chi connectivity index (χ2n) is 9.06. The van der Waals surface area contributed by atoms with E-state index in [0.717, 1.165) is 28.3 Å². The van der Waals surface area contributed by atoms with Crippen molar-refractivity contribution in [2.45, 2.75) is 70.4 Å². The number of aryl methyl sites for hydroxylation is 1. The van der Waals surface area contributed by atoms with Gasteiger partial charge in [0.25, 0.3) is 15.9 Å². The van der Waals surface area contributed by atoms with E-state index in [-0.39, 0.29) is 48.2 Å². The van der Waals surface area contributed by atoms with Gasteiger partial charge < -0.3 is 10.2 Å². The zero-order chi connectivity index (χ0) is 26.3. The molecule has 3 rings (SSSR count). The molecule has 1 aliphatic rings. The molecule has 0 bridgehead atoms. The lowest BCUT2D eigenvalue weighted by atomic mass is 10.1. The normalized spacial score (nSPS) is 14.9. The first-order chi connectivity index (χ1) is 17.2. The summed E-state index contributed by atoms with van der Waals surface area (Å²) in [4.78, 5) is 40.5. The highest BCUT2D eigenvalue weighted by Gasteiger charge is 2.40. The summed E-state index contributed by atoms with van der Waals surface area (Å²) >= 11 is 0. The Morgan fingerprint density at radius 2 is 1.72 bits per heavy atom. The zero-order valence-corrected chi connectivity index (χ0v) is 22.0. The minimum Gasteiger partial charge on any atom is -0.354 e. The van der Waals surface area contributed by atoms with E-state index in [0.29, 0.717) is 13.0 Å². The minimum absolute atomic E-state index is 0.00267. The van der Waals surface area contributed by atoms with Gasteiger partial charge in [0.2, 0.25) is 11.8 Å². The molecule has 194 valence electrons. The first-order valence-corrected chi connectivity index (χ1v) is 13.9. The maximum Gasteiger partial charge on any atom is 0.269 e. The minimum atomic E-state index is -3.92. The number of amides is 3. The number of carbonyl (C=O) groups is 3. The lowest BCUT2D eigenvalue weighted by molar-refractivity contribution is -0.141. The Hall–Kier alpha value is -3.20. The van der Waals surface area contributed by atoms with Crippen LogP contribution in [0.1, 0.15) is 67.4 Å². The third-order valence-electron chi connectivity index (χ3n) is 6.35.